The lowest BCUT2D eigenvalue weighted by Crippen LogP contribution is -2.46. The van der Waals surface area contributed by atoms with Crippen LogP contribution in [0.25, 0.3) is 0 Å². The normalized spacial score (nSPS) is 30.5. The van der Waals surface area contributed by atoms with Gasteiger partial charge in [-0.15, -0.1) is 0 Å². The Morgan fingerprint density at radius 3 is 2.75 bits per heavy atom. The molecule has 3 atom stereocenters. The Kier molecular flexibility index (Phi) is 4.68. The van der Waals surface area contributed by atoms with Gasteiger partial charge >= 0.3 is 0 Å². The number of methoxy groups -OCH3 is 1. The summed E-state index contributed by atoms with van der Waals surface area (Å²) < 4.78 is 5.25. The van der Waals surface area contributed by atoms with E-state index < -0.39 is 11.7 Å². The van der Waals surface area contributed by atoms with Crippen LogP contribution in [0.3, 0.4) is 0 Å². The van der Waals surface area contributed by atoms with E-state index in [1.54, 1.807) is 7.11 Å². The van der Waals surface area contributed by atoms with Gasteiger partial charge in [0.25, 0.3) is 0 Å². The fraction of sp³-hybridized carbons (Fsp3) is 0.625. The molecular weight excluding hydrogens is 254 g/mol. The highest BCUT2D eigenvalue weighted by Crippen LogP contribution is 2.42. The van der Waals surface area contributed by atoms with Gasteiger partial charge in [0.1, 0.15) is 5.75 Å². The van der Waals surface area contributed by atoms with Crippen LogP contribution >= 0.6 is 0 Å². The van der Waals surface area contributed by atoms with E-state index in [9.17, 15) is 10.2 Å². The van der Waals surface area contributed by atoms with Gasteiger partial charge in [-0.05, 0) is 44.6 Å². The van der Waals surface area contributed by atoms with Gasteiger partial charge in [-0.25, -0.2) is 0 Å². The molecule has 1 fully saturated rings. The van der Waals surface area contributed by atoms with Crippen molar-refractivity contribution in [2.24, 2.45) is 5.92 Å². The monoisotopic (exact) mass is 279 g/mol. The molecule has 0 aliphatic heterocycles. The first-order valence-electron chi connectivity index (χ1n) is 7.15. The zero-order valence-corrected chi connectivity index (χ0v) is 12.5. The van der Waals surface area contributed by atoms with Crippen LogP contribution in [0.2, 0.25) is 0 Å². The molecule has 0 saturated heterocycles. The lowest BCUT2D eigenvalue weighted by molar-refractivity contribution is -0.0992. The smallest absolute Gasteiger partial charge is 0.119 e. The van der Waals surface area contributed by atoms with Crippen molar-refractivity contribution in [2.45, 2.75) is 31.0 Å². The van der Waals surface area contributed by atoms with Gasteiger partial charge in [0.2, 0.25) is 0 Å². The number of rotatable bonds is 4. The molecule has 1 aliphatic carbocycles. The molecule has 1 aliphatic rings. The molecule has 1 aromatic rings. The summed E-state index contributed by atoms with van der Waals surface area (Å²) in [4.78, 5) is 2.09. The molecular formula is C16H25NO3. The summed E-state index contributed by atoms with van der Waals surface area (Å²) in [6.45, 7) is 0.806. The molecule has 112 valence electrons. The van der Waals surface area contributed by atoms with E-state index in [1.807, 2.05) is 38.4 Å². The highest BCUT2D eigenvalue weighted by atomic mass is 16.5. The van der Waals surface area contributed by atoms with Crippen molar-refractivity contribution < 1.29 is 14.9 Å². The Morgan fingerprint density at radius 1 is 1.35 bits per heavy atom. The first-order chi connectivity index (χ1) is 9.45. The van der Waals surface area contributed by atoms with Crippen molar-refractivity contribution in [1.29, 1.82) is 0 Å². The van der Waals surface area contributed by atoms with Crippen LogP contribution in [0.4, 0.5) is 0 Å². The van der Waals surface area contributed by atoms with Gasteiger partial charge in [-0.3, -0.25) is 0 Å². The maximum absolute atomic E-state index is 11.2. The Morgan fingerprint density at radius 2 is 2.10 bits per heavy atom. The van der Waals surface area contributed by atoms with Crippen molar-refractivity contribution in [2.75, 3.05) is 27.7 Å². The molecule has 1 aromatic carbocycles. The van der Waals surface area contributed by atoms with E-state index in [0.29, 0.717) is 6.42 Å². The van der Waals surface area contributed by atoms with Gasteiger partial charge in [0.15, 0.2) is 0 Å². The number of aliphatic hydroxyl groups is 2. The highest BCUT2D eigenvalue weighted by Gasteiger charge is 2.43. The third-order valence-electron chi connectivity index (χ3n) is 4.23. The van der Waals surface area contributed by atoms with Crippen LogP contribution in [-0.2, 0) is 5.60 Å². The molecule has 20 heavy (non-hydrogen) atoms. The van der Waals surface area contributed by atoms with Gasteiger partial charge in [-0.2, -0.15) is 0 Å². The minimum Gasteiger partial charge on any atom is -0.497 e. The summed E-state index contributed by atoms with van der Waals surface area (Å²) in [5.41, 5.74) is -0.154. The van der Waals surface area contributed by atoms with Gasteiger partial charge in [0, 0.05) is 18.9 Å². The topological polar surface area (TPSA) is 52.9 Å². The van der Waals surface area contributed by atoms with Crippen molar-refractivity contribution >= 4 is 0 Å². The molecule has 0 amide bonds. The maximum atomic E-state index is 11.2. The average Bonchev–Trinajstić information content (AvgIpc) is 2.42. The van der Waals surface area contributed by atoms with Gasteiger partial charge in [0.05, 0.1) is 18.8 Å². The van der Waals surface area contributed by atoms with Crippen molar-refractivity contribution in [3.63, 3.8) is 0 Å². The molecule has 0 spiro atoms. The van der Waals surface area contributed by atoms with E-state index in [0.717, 1.165) is 30.7 Å². The number of benzene rings is 1. The molecule has 0 bridgehead atoms. The zero-order valence-electron chi connectivity index (χ0n) is 12.5. The molecule has 0 aromatic heterocycles. The molecule has 0 heterocycles. The zero-order chi connectivity index (χ0) is 14.8. The minimum atomic E-state index is -0.990. The van der Waals surface area contributed by atoms with Crippen LogP contribution in [0.5, 0.6) is 5.75 Å². The SMILES string of the molecule is COc1cccc(C2(O)CC(O)CCC2CN(C)C)c1. The second-order valence-electron chi connectivity index (χ2n) is 6.05. The van der Waals surface area contributed by atoms with Crippen LogP contribution in [0.1, 0.15) is 24.8 Å². The molecule has 0 radical (unpaired) electrons. The average molecular weight is 279 g/mol. The van der Waals surface area contributed by atoms with Crippen LogP contribution < -0.4 is 4.74 Å². The molecule has 3 unspecified atom stereocenters. The van der Waals surface area contributed by atoms with Crippen molar-refractivity contribution in [3.05, 3.63) is 29.8 Å². The van der Waals surface area contributed by atoms with Crippen molar-refractivity contribution in [1.82, 2.24) is 4.90 Å². The molecule has 2 rings (SSSR count). The number of ether oxygens (including phenoxy) is 1. The first-order valence-corrected chi connectivity index (χ1v) is 7.15. The highest BCUT2D eigenvalue weighted by molar-refractivity contribution is 5.33. The lowest BCUT2D eigenvalue weighted by atomic mass is 9.70. The predicted octanol–water partition coefficient (Wildman–Crippen LogP) is 1.61. The Bertz CT molecular complexity index is 449. The van der Waals surface area contributed by atoms with Crippen LogP contribution in [0.15, 0.2) is 24.3 Å². The number of hydrogen-bond acceptors (Lipinski definition) is 4. The fourth-order valence-corrected chi connectivity index (χ4v) is 3.19. The molecule has 1 saturated carbocycles. The molecule has 4 nitrogen and oxygen atoms in total. The summed E-state index contributed by atoms with van der Waals surface area (Å²) in [7, 11) is 5.64. The number of hydrogen-bond donors (Lipinski definition) is 2. The minimum absolute atomic E-state index is 0.119. The quantitative estimate of drug-likeness (QED) is 0.879. The van der Waals surface area contributed by atoms with E-state index in [1.165, 1.54) is 0 Å². The maximum Gasteiger partial charge on any atom is 0.119 e. The largest absolute Gasteiger partial charge is 0.497 e. The standard InChI is InChI=1S/C16H25NO3/c1-17(2)11-13-7-8-14(18)10-16(13,19)12-5-4-6-15(9-12)20-3/h4-6,9,13-14,18-19H,7-8,10-11H2,1-3H3. The lowest BCUT2D eigenvalue weighted by Gasteiger charge is -2.43. The van der Waals surface area contributed by atoms with Crippen LogP contribution in [0, 0.1) is 5.92 Å². The summed E-state index contributed by atoms with van der Waals surface area (Å²) in [5.74, 6) is 0.854. The summed E-state index contributed by atoms with van der Waals surface area (Å²) in [6, 6.07) is 7.55. The predicted molar refractivity (Wildman–Crippen MR) is 78.8 cm³/mol. The summed E-state index contributed by atoms with van der Waals surface area (Å²) in [5, 5.41) is 21.2. The van der Waals surface area contributed by atoms with E-state index >= 15 is 0 Å². The number of aliphatic hydroxyl groups excluding tert-OH is 1. The summed E-state index contributed by atoms with van der Waals surface area (Å²) >= 11 is 0. The second kappa shape index (κ2) is 6.12. The van der Waals surface area contributed by atoms with Gasteiger partial charge < -0.3 is 19.8 Å². The van der Waals surface area contributed by atoms with E-state index in [2.05, 4.69) is 4.90 Å². The Balaban J connectivity index is 2.34. The van der Waals surface area contributed by atoms with E-state index in [-0.39, 0.29) is 5.92 Å². The first kappa shape index (κ1) is 15.3. The van der Waals surface area contributed by atoms with Crippen LogP contribution in [-0.4, -0.2) is 49.0 Å². The number of nitrogens with zero attached hydrogens (tertiary/aromatic N) is 1. The fourth-order valence-electron chi connectivity index (χ4n) is 3.19. The molecule has 2 N–H and O–H groups in total. The van der Waals surface area contributed by atoms with Crippen molar-refractivity contribution in [3.8, 4) is 5.75 Å². The van der Waals surface area contributed by atoms with Gasteiger partial charge in [-0.1, -0.05) is 12.1 Å². The summed E-state index contributed by atoms with van der Waals surface area (Å²) in [6.07, 6.45) is 1.53. The second-order valence-corrected chi connectivity index (χ2v) is 6.05. The molecule has 4 heteroatoms. The third-order valence-corrected chi connectivity index (χ3v) is 4.23. The Labute approximate surface area is 121 Å². The third kappa shape index (κ3) is 3.14. The Hall–Kier alpha value is -1.10. The van der Waals surface area contributed by atoms with E-state index in [4.69, 9.17) is 4.74 Å².